The van der Waals surface area contributed by atoms with Crippen molar-refractivity contribution in [1.82, 2.24) is 13.7 Å². The number of carbonyl (C=O) groups is 2. The topological polar surface area (TPSA) is 200 Å². The Balaban J connectivity index is 2.36. The van der Waals surface area contributed by atoms with Gasteiger partial charge in [-0.1, -0.05) is 57.3 Å². The number of esters is 2. The highest BCUT2D eigenvalue weighted by Gasteiger charge is 2.35. The number of aliphatic hydroxyl groups excluding tert-OH is 4. The van der Waals surface area contributed by atoms with E-state index < -0.39 is 78.7 Å². The lowest BCUT2D eigenvalue weighted by atomic mass is 9.79. The van der Waals surface area contributed by atoms with Gasteiger partial charge in [-0.2, -0.15) is 0 Å². The first-order valence-electron chi connectivity index (χ1n) is 14.6. The molecule has 0 saturated carbocycles. The number of aliphatic hydroxyl groups is 4. The van der Waals surface area contributed by atoms with Gasteiger partial charge in [0.05, 0.1) is 25.7 Å². The summed E-state index contributed by atoms with van der Waals surface area (Å²) in [6.45, 7) is 8.17. The fourth-order valence-corrected chi connectivity index (χ4v) is 4.56. The van der Waals surface area contributed by atoms with Crippen LogP contribution in [-0.2, 0) is 38.7 Å². The van der Waals surface area contributed by atoms with E-state index in [4.69, 9.17) is 21.1 Å². The van der Waals surface area contributed by atoms with Crippen LogP contribution in [0, 0.1) is 5.41 Å². The molecule has 1 heterocycles. The number of aromatic nitrogens is 3. The van der Waals surface area contributed by atoms with Crippen LogP contribution in [0.4, 0.5) is 0 Å². The van der Waals surface area contributed by atoms with Crippen molar-refractivity contribution < 1.29 is 39.5 Å². The van der Waals surface area contributed by atoms with E-state index in [1.165, 1.54) is 20.8 Å². The zero-order valence-corrected chi connectivity index (χ0v) is 27.2. The van der Waals surface area contributed by atoms with Gasteiger partial charge in [-0.15, -0.1) is 0 Å². The SMILES string of the molecule is CCC(C)(CC)CC(O)Cn1c(=O)n(Cc2ccc(Cl)cc2)c(=O)n(CC(O)COC(=O)C(O)C(O)C(=O)OC(C)(C)C)c1=O. The Morgan fingerprint density at radius 1 is 0.778 bits per heavy atom. The third-order valence-electron chi connectivity index (χ3n) is 7.47. The first kappa shape index (κ1) is 37.9. The standard InChI is InChI=1S/C30H44ClN3O11/c1-7-30(6,8-2)13-20(35)15-33-26(41)32(14-18-9-11-19(31)12-10-18)27(42)34(28(33)43)16-21(36)17-44-24(39)22(37)23(38)25(40)45-29(3,4)5/h9-12,20-23,35-38H,7-8,13-17H2,1-6H3. The van der Waals surface area contributed by atoms with Gasteiger partial charge in [0.25, 0.3) is 0 Å². The second-order valence-electron chi connectivity index (χ2n) is 12.4. The molecular formula is C30H44ClN3O11. The molecule has 4 N–H and O–H groups in total. The third kappa shape index (κ3) is 10.6. The van der Waals surface area contributed by atoms with E-state index in [-0.39, 0.29) is 18.4 Å². The van der Waals surface area contributed by atoms with Crippen LogP contribution in [0.1, 0.15) is 66.4 Å². The van der Waals surface area contributed by atoms with Crippen molar-refractivity contribution >= 4 is 23.5 Å². The molecule has 0 fully saturated rings. The van der Waals surface area contributed by atoms with E-state index in [1.54, 1.807) is 24.3 Å². The van der Waals surface area contributed by atoms with Crippen LogP contribution >= 0.6 is 11.6 Å². The Morgan fingerprint density at radius 3 is 1.73 bits per heavy atom. The molecule has 0 spiro atoms. The molecule has 4 atom stereocenters. The Hall–Kier alpha value is -3.30. The van der Waals surface area contributed by atoms with Crippen LogP contribution in [0.15, 0.2) is 38.6 Å². The predicted octanol–water partition coefficient (Wildman–Crippen LogP) is 0.418. The second-order valence-corrected chi connectivity index (χ2v) is 12.8. The normalized spacial score (nSPS) is 14.8. The number of benzene rings is 1. The lowest BCUT2D eigenvalue weighted by molar-refractivity contribution is -0.181. The maximum absolute atomic E-state index is 13.4. The average molecular weight is 658 g/mol. The van der Waals surface area contributed by atoms with Gasteiger partial charge in [-0.25, -0.2) is 37.7 Å². The Labute approximate surface area is 265 Å². The maximum atomic E-state index is 13.4. The molecule has 0 aliphatic carbocycles. The van der Waals surface area contributed by atoms with Crippen LogP contribution in [0.2, 0.25) is 5.02 Å². The number of carbonyl (C=O) groups excluding carboxylic acids is 2. The monoisotopic (exact) mass is 657 g/mol. The highest BCUT2D eigenvalue weighted by atomic mass is 35.5. The van der Waals surface area contributed by atoms with Crippen LogP contribution in [-0.4, -0.2) is 82.7 Å². The minimum atomic E-state index is -2.34. The van der Waals surface area contributed by atoms with Gasteiger partial charge in [0.2, 0.25) is 0 Å². The fourth-order valence-electron chi connectivity index (χ4n) is 4.43. The fraction of sp³-hybridized carbons (Fsp3) is 0.633. The number of nitrogens with zero attached hydrogens (tertiary/aromatic N) is 3. The van der Waals surface area contributed by atoms with Gasteiger partial charge >= 0.3 is 29.0 Å². The average Bonchev–Trinajstić information content (AvgIpc) is 2.97. The van der Waals surface area contributed by atoms with Crippen molar-refractivity contribution in [3.05, 3.63) is 66.3 Å². The van der Waals surface area contributed by atoms with E-state index in [0.717, 1.165) is 17.4 Å². The molecular weight excluding hydrogens is 614 g/mol. The molecule has 0 aliphatic rings. The summed E-state index contributed by atoms with van der Waals surface area (Å²) in [5, 5.41) is 41.8. The van der Waals surface area contributed by atoms with E-state index in [0.29, 0.717) is 19.7 Å². The molecule has 0 amide bonds. The summed E-state index contributed by atoms with van der Waals surface area (Å²) in [5.41, 5.74) is -3.90. The molecule has 0 bridgehead atoms. The van der Waals surface area contributed by atoms with Crippen LogP contribution in [0.25, 0.3) is 0 Å². The molecule has 14 nitrogen and oxygen atoms in total. The van der Waals surface area contributed by atoms with E-state index in [1.807, 2.05) is 20.8 Å². The minimum absolute atomic E-state index is 0.257. The highest BCUT2D eigenvalue weighted by molar-refractivity contribution is 6.30. The lowest BCUT2D eigenvalue weighted by Gasteiger charge is -2.29. The van der Waals surface area contributed by atoms with Gasteiger partial charge < -0.3 is 29.9 Å². The zero-order chi connectivity index (χ0) is 34.3. The summed E-state index contributed by atoms with van der Waals surface area (Å²) < 4.78 is 11.8. The van der Waals surface area contributed by atoms with E-state index >= 15 is 0 Å². The van der Waals surface area contributed by atoms with Crippen LogP contribution in [0.3, 0.4) is 0 Å². The molecule has 252 valence electrons. The van der Waals surface area contributed by atoms with Crippen LogP contribution < -0.4 is 17.1 Å². The van der Waals surface area contributed by atoms with Crippen molar-refractivity contribution in [2.45, 2.75) is 110 Å². The van der Waals surface area contributed by atoms with Gasteiger partial charge in [0.1, 0.15) is 18.3 Å². The van der Waals surface area contributed by atoms with Crippen molar-refractivity contribution in [1.29, 1.82) is 0 Å². The van der Waals surface area contributed by atoms with Gasteiger partial charge in [-0.05, 0) is 50.3 Å². The zero-order valence-electron chi connectivity index (χ0n) is 26.4. The van der Waals surface area contributed by atoms with Crippen molar-refractivity contribution in [2.24, 2.45) is 5.41 Å². The van der Waals surface area contributed by atoms with E-state index in [2.05, 4.69) is 0 Å². The largest absolute Gasteiger partial charge is 0.461 e. The van der Waals surface area contributed by atoms with Crippen molar-refractivity contribution in [3.8, 4) is 0 Å². The predicted molar refractivity (Wildman–Crippen MR) is 164 cm³/mol. The van der Waals surface area contributed by atoms with Crippen molar-refractivity contribution in [2.75, 3.05) is 6.61 Å². The summed E-state index contributed by atoms with van der Waals surface area (Å²) in [6.07, 6.45) is -5.67. The summed E-state index contributed by atoms with van der Waals surface area (Å²) in [4.78, 5) is 64.4. The van der Waals surface area contributed by atoms with E-state index in [9.17, 15) is 44.4 Å². The first-order chi connectivity index (χ1) is 20.8. The van der Waals surface area contributed by atoms with Gasteiger partial charge in [-0.3, -0.25) is 0 Å². The number of hydrogen-bond donors (Lipinski definition) is 4. The quantitative estimate of drug-likeness (QED) is 0.194. The molecule has 4 unspecified atom stereocenters. The smallest absolute Gasteiger partial charge is 0.338 e. The summed E-state index contributed by atoms with van der Waals surface area (Å²) >= 11 is 5.95. The minimum Gasteiger partial charge on any atom is -0.461 e. The molecule has 2 aromatic rings. The molecule has 1 aromatic heterocycles. The third-order valence-corrected chi connectivity index (χ3v) is 7.72. The Morgan fingerprint density at radius 2 is 1.24 bits per heavy atom. The molecule has 0 aliphatic heterocycles. The molecule has 45 heavy (non-hydrogen) atoms. The molecule has 2 rings (SSSR count). The number of rotatable bonds is 15. The Bertz CT molecular complexity index is 1490. The molecule has 0 saturated heterocycles. The molecule has 15 heteroatoms. The molecule has 1 aromatic carbocycles. The van der Waals surface area contributed by atoms with Gasteiger partial charge in [0, 0.05) is 5.02 Å². The summed E-state index contributed by atoms with van der Waals surface area (Å²) in [5.74, 6) is -2.74. The summed E-state index contributed by atoms with van der Waals surface area (Å²) in [7, 11) is 0. The number of ether oxygens (including phenoxy) is 2. The maximum Gasteiger partial charge on any atom is 0.338 e. The second kappa shape index (κ2) is 15.8. The highest BCUT2D eigenvalue weighted by Crippen LogP contribution is 2.31. The van der Waals surface area contributed by atoms with Crippen LogP contribution in [0.5, 0.6) is 0 Å². The number of halogens is 1. The lowest BCUT2D eigenvalue weighted by Crippen LogP contribution is -2.56. The first-order valence-corrected chi connectivity index (χ1v) is 15.0. The Kier molecular flexibility index (Phi) is 13.3. The number of hydrogen-bond acceptors (Lipinski definition) is 11. The molecule has 0 radical (unpaired) electrons. The summed E-state index contributed by atoms with van der Waals surface area (Å²) in [6, 6.07) is 6.29. The van der Waals surface area contributed by atoms with Gasteiger partial charge in [0.15, 0.2) is 12.2 Å². The van der Waals surface area contributed by atoms with Crippen molar-refractivity contribution in [3.63, 3.8) is 0 Å².